The van der Waals surface area contributed by atoms with Gasteiger partial charge in [-0.3, -0.25) is 9.80 Å². The number of hydrogen-bond acceptors (Lipinski definition) is 4. The molecule has 3 nitrogen and oxygen atoms in total. The zero-order chi connectivity index (χ0) is 15.6. The molecule has 0 saturated carbocycles. The lowest BCUT2D eigenvalue weighted by molar-refractivity contribution is 0.123. The fourth-order valence-electron chi connectivity index (χ4n) is 4.13. The second-order valence-corrected chi connectivity index (χ2v) is 8.13. The fourth-order valence-corrected chi connectivity index (χ4v) is 4.73. The van der Waals surface area contributed by atoms with Crippen LogP contribution in [0.4, 0.5) is 0 Å². The molecule has 122 valence electrons. The summed E-state index contributed by atoms with van der Waals surface area (Å²) in [5.74, 6) is 0.817. The molecular formula is C19H25N3S. The van der Waals surface area contributed by atoms with Crippen LogP contribution in [-0.2, 0) is 13.1 Å². The zero-order valence-electron chi connectivity index (χ0n) is 13.8. The van der Waals surface area contributed by atoms with E-state index in [1.165, 1.54) is 48.7 Å². The van der Waals surface area contributed by atoms with E-state index in [0.29, 0.717) is 6.04 Å². The number of aryl methyl sites for hydroxylation is 1. The third kappa shape index (κ3) is 3.65. The van der Waals surface area contributed by atoms with Crippen LogP contribution in [0.1, 0.15) is 29.1 Å². The van der Waals surface area contributed by atoms with Crippen LogP contribution in [0.15, 0.2) is 35.7 Å². The van der Waals surface area contributed by atoms with Crippen LogP contribution in [-0.4, -0.2) is 40.5 Å². The Labute approximate surface area is 143 Å². The summed E-state index contributed by atoms with van der Waals surface area (Å²) in [4.78, 5) is 10.0. The molecule has 3 saturated heterocycles. The highest BCUT2D eigenvalue weighted by Crippen LogP contribution is 2.30. The summed E-state index contributed by atoms with van der Waals surface area (Å²) in [5, 5.41) is 3.41. The van der Waals surface area contributed by atoms with Gasteiger partial charge in [0, 0.05) is 44.1 Å². The van der Waals surface area contributed by atoms with Gasteiger partial charge in [-0.05, 0) is 31.2 Å². The summed E-state index contributed by atoms with van der Waals surface area (Å²) in [7, 11) is 0. The zero-order valence-corrected chi connectivity index (χ0v) is 14.6. The number of nitrogens with zero attached hydrogens (tertiary/aromatic N) is 3. The Morgan fingerprint density at radius 2 is 1.96 bits per heavy atom. The largest absolute Gasteiger partial charge is 0.296 e. The molecule has 3 aliphatic heterocycles. The van der Waals surface area contributed by atoms with E-state index in [9.17, 15) is 0 Å². The lowest BCUT2D eigenvalue weighted by atomic mass is 9.94. The highest BCUT2D eigenvalue weighted by molar-refractivity contribution is 7.09. The number of piperidine rings is 1. The molecule has 0 unspecified atom stereocenters. The molecule has 2 bridgehead atoms. The maximum Gasteiger partial charge on any atom is 0.0897 e. The molecule has 1 aromatic heterocycles. The predicted octanol–water partition coefficient (Wildman–Crippen LogP) is 3.55. The molecule has 0 spiro atoms. The van der Waals surface area contributed by atoms with Gasteiger partial charge in [-0.25, -0.2) is 4.98 Å². The normalized spacial score (nSPS) is 25.6. The summed E-state index contributed by atoms with van der Waals surface area (Å²) in [6.07, 6.45) is 2.74. The Hall–Kier alpha value is -1.23. The minimum atomic E-state index is 0.702. The lowest BCUT2D eigenvalue weighted by Crippen LogP contribution is -2.43. The Bertz CT molecular complexity index is 639. The van der Waals surface area contributed by atoms with Crippen LogP contribution < -0.4 is 0 Å². The van der Waals surface area contributed by atoms with Crippen molar-refractivity contribution in [1.29, 1.82) is 0 Å². The van der Waals surface area contributed by atoms with Gasteiger partial charge in [0.05, 0.1) is 10.7 Å². The average Bonchev–Trinajstić information content (AvgIpc) is 2.77. The minimum Gasteiger partial charge on any atom is -0.296 e. The topological polar surface area (TPSA) is 19.4 Å². The van der Waals surface area contributed by atoms with Crippen LogP contribution >= 0.6 is 11.3 Å². The molecule has 3 aliphatic rings. The molecule has 0 amide bonds. The first-order valence-corrected chi connectivity index (χ1v) is 9.55. The van der Waals surface area contributed by atoms with Gasteiger partial charge < -0.3 is 0 Å². The second kappa shape index (κ2) is 6.71. The quantitative estimate of drug-likeness (QED) is 0.856. The van der Waals surface area contributed by atoms with Crippen molar-refractivity contribution in [2.45, 2.75) is 38.9 Å². The monoisotopic (exact) mass is 327 g/mol. The van der Waals surface area contributed by atoms with Gasteiger partial charge in [-0.2, -0.15) is 0 Å². The number of hydrogen-bond donors (Lipinski definition) is 0. The van der Waals surface area contributed by atoms with Crippen molar-refractivity contribution in [3.8, 4) is 0 Å². The lowest BCUT2D eigenvalue weighted by Gasteiger charge is -2.36. The van der Waals surface area contributed by atoms with Crippen molar-refractivity contribution in [3.63, 3.8) is 0 Å². The number of benzene rings is 1. The number of fused-ring (bicyclic) bond motifs is 4. The minimum absolute atomic E-state index is 0.702. The molecular weight excluding hydrogens is 302 g/mol. The van der Waals surface area contributed by atoms with Crippen LogP contribution in [0.3, 0.4) is 0 Å². The molecule has 3 fully saturated rings. The first-order chi connectivity index (χ1) is 11.3. The van der Waals surface area contributed by atoms with Gasteiger partial charge in [0.1, 0.15) is 0 Å². The van der Waals surface area contributed by atoms with E-state index in [1.54, 1.807) is 11.3 Å². The summed E-state index contributed by atoms with van der Waals surface area (Å²) in [6.45, 7) is 7.91. The van der Waals surface area contributed by atoms with Crippen LogP contribution in [0.5, 0.6) is 0 Å². The summed E-state index contributed by atoms with van der Waals surface area (Å²) in [5.41, 5.74) is 2.70. The van der Waals surface area contributed by atoms with Crippen molar-refractivity contribution in [2.75, 3.05) is 19.6 Å². The predicted molar refractivity (Wildman–Crippen MR) is 95.5 cm³/mol. The summed E-state index contributed by atoms with van der Waals surface area (Å²) in [6, 6.07) is 11.6. The van der Waals surface area contributed by atoms with Gasteiger partial charge in [-0.15, -0.1) is 11.3 Å². The Morgan fingerprint density at radius 1 is 1.09 bits per heavy atom. The van der Waals surface area contributed by atoms with Crippen molar-refractivity contribution in [2.24, 2.45) is 5.92 Å². The third-order valence-electron chi connectivity index (χ3n) is 5.18. The molecule has 0 radical (unpaired) electrons. The molecule has 23 heavy (non-hydrogen) atoms. The average molecular weight is 327 g/mol. The van der Waals surface area contributed by atoms with Gasteiger partial charge in [-0.1, -0.05) is 30.3 Å². The first kappa shape index (κ1) is 15.3. The molecule has 0 N–H and O–H groups in total. The van der Waals surface area contributed by atoms with E-state index in [0.717, 1.165) is 19.0 Å². The molecule has 1 aromatic carbocycles. The van der Waals surface area contributed by atoms with E-state index >= 15 is 0 Å². The van der Waals surface area contributed by atoms with Crippen molar-refractivity contribution < 1.29 is 0 Å². The standard InChI is InChI=1S/C19H25N3S/c1-15-20-18(14-23-15)12-21-9-17-7-8-19(13-21)22(11-17)10-16-5-3-2-4-6-16/h2-6,14,17,19H,7-13H2,1H3/t17-,19+/m1/s1. The van der Waals surface area contributed by atoms with E-state index in [-0.39, 0.29) is 0 Å². The maximum absolute atomic E-state index is 4.66. The van der Waals surface area contributed by atoms with E-state index in [2.05, 4.69) is 57.4 Å². The van der Waals surface area contributed by atoms with Crippen molar-refractivity contribution in [1.82, 2.24) is 14.8 Å². The summed E-state index contributed by atoms with van der Waals surface area (Å²) >= 11 is 1.77. The van der Waals surface area contributed by atoms with Crippen LogP contribution in [0.25, 0.3) is 0 Å². The number of thiazole rings is 1. The molecule has 2 aromatic rings. The molecule has 4 heteroatoms. The smallest absolute Gasteiger partial charge is 0.0897 e. The van der Waals surface area contributed by atoms with E-state index in [1.807, 2.05) is 0 Å². The SMILES string of the molecule is Cc1nc(CN2C[C@H]3CC[C@@H](C2)N(Cc2ccccc2)C3)cs1. The van der Waals surface area contributed by atoms with Crippen molar-refractivity contribution in [3.05, 3.63) is 52.0 Å². The molecule has 2 atom stereocenters. The maximum atomic E-state index is 4.66. The Balaban J connectivity index is 1.44. The highest BCUT2D eigenvalue weighted by Gasteiger charge is 2.34. The van der Waals surface area contributed by atoms with Gasteiger partial charge in [0.2, 0.25) is 0 Å². The van der Waals surface area contributed by atoms with Gasteiger partial charge in [0.15, 0.2) is 0 Å². The molecule has 0 aliphatic carbocycles. The Morgan fingerprint density at radius 3 is 2.74 bits per heavy atom. The van der Waals surface area contributed by atoms with E-state index < -0.39 is 0 Å². The second-order valence-electron chi connectivity index (χ2n) is 7.06. The number of aromatic nitrogens is 1. The van der Waals surface area contributed by atoms with Crippen molar-refractivity contribution >= 4 is 11.3 Å². The van der Waals surface area contributed by atoms with Crippen LogP contribution in [0, 0.1) is 12.8 Å². The van der Waals surface area contributed by atoms with Gasteiger partial charge in [0.25, 0.3) is 0 Å². The third-order valence-corrected chi connectivity index (χ3v) is 6.01. The fraction of sp³-hybridized carbons (Fsp3) is 0.526. The Kier molecular flexibility index (Phi) is 4.47. The van der Waals surface area contributed by atoms with Crippen LogP contribution in [0.2, 0.25) is 0 Å². The molecule has 5 rings (SSSR count). The van der Waals surface area contributed by atoms with E-state index in [4.69, 9.17) is 0 Å². The first-order valence-electron chi connectivity index (χ1n) is 8.67. The number of rotatable bonds is 4. The van der Waals surface area contributed by atoms with Gasteiger partial charge >= 0.3 is 0 Å². The summed E-state index contributed by atoms with van der Waals surface area (Å²) < 4.78 is 0. The molecule has 4 heterocycles. The highest BCUT2D eigenvalue weighted by atomic mass is 32.1.